The van der Waals surface area contributed by atoms with Gasteiger partial charge in [-0.1, -0.05) is 18.2 Å². The van der Waals surface area contributed by atoms with E-state index in [1.165, 1.54) is 4.57 Å². The molecule has 1 unspecified atom stereocenters. The third-order valence-corrected chi connectivity index (χ3v) is 4.85. The number of hydrogen-bond acceptors (Lipinski definition) is 6. The van der Waals surface area contributed by atoms with Gasteiger partial charge in [0, 0.05) is 22.8 Å². The predicted octanol–water partition coefficient (Wildman–Crippen LogP) is 6.33. The van der Waals surface area contributed by atoms with Crippen LogP contribution >= 0.6 is 0 Å². The maximum absolute atomic E-state index is 13.1. The van der Waals surface area contributed by atoms with Crippen molar-refractivity contribution >= 4 is 23.1 Å². The maximum Gasteiger partial charge on any atom is 0.420 e. The van der Waals surface area contributed by atoms with Crippen LogP contribution in [0.5, 0.6) is 0 Å². The van der Waals surface area contributed by atoms with E-state index in [1.54, 1.807) is 53.8 Å². The number of pyridine rings is 1. The maximum atomic E-state index is 13.1. The SMILES string of the molecule is C=CCC(NC(=O)OC(C)(C)C)c1nc(-c2ccc3nc(C)ccc3c2)cn1C(=O)OC(C)(C)C. The quantitative estimate of drug-likeness (QED) is 0.430. The highest BCUT2D eigenvalue weighted by molar-refractivity contribution is 5.84. The van der Waals surface area contributed by atoms with Crippen LogP contribution in [0.15, 0.2) is 49.2 Å². The van der Waals surface area contributed by atoms with Crippen LogP contribution in [0.4, 0.5) is 9.59 Å². The first kappa shape index (κ1) is 25.9. The van der Waals surface area contributed by atoms with Crippen LogP contribution in [-0.4, -0.2) is 37.9 Å². The smallest absolute Gasteiger partial charge is 0.420 e. The summed E-state index contributed by atoms with van der Waals surface area (Å²) in [5, 5.41) is 3.77. The number of nitrogens with one attached hydrogen (secondary N) is 1. The Morgan fingerprint density at radius 3 is 2.37 bits per heavy atom. The van der Waals surface area contributed by atoms with Crippen molar-refractivity contribution in [3.63, 3.8) is 0 Å². The molecular formula is C27H34N4O4. The third-order valence-electron chi connectivity index (χ3n) is 4.85. The molecule has 1 amide bonds. The first-order valence-electron chi connectivity index (χ1n) is 11.6. The Labute approximate surface area is 206 Å². The molecule has 2 heterocycles. The summed E-state index contributed by atoms with van der Waals surface area (Å²) in [6, 6.07) is 9.08. The number of imidazole rings is 1. The summed E-state index contributed by atoms with van der Waals surface area (Å²) in [4.78, 5) is 35.0. The molecule has 0 spiro atoms. The minimum absolute atomic E-state index is 0.321. The van der Waals surface area contributed by atoms with Gasteiger partial charge in [-0.3, -0.25) is 4.98 Å². The topological polar surface area (TPSA) is 95.3 Å². The molecule has 8 heteroatoms. The average molecular weight is 479 g/mol. The summed E-state index contributed by atoms with van der Waals surface area (Å²) in [5.74, 6) is 0.321. The number of hydrogen-bond donors (Lipinski definition) is 1. The zero-order valence-corrected chi connectivity index (χ0v) is 21.5. The summed E-state index contributed by atoms with van der Waals surface area (Å²) < 4.78 is 12.4. The van der Waals surface area contributed by atoms with Gasteiger partial charge in [-0.25, -0.2) is 19.1 Å². The minimum Gasteiger partial charge on any atom is -0.444 e. The molecule has 35 heavy (non-hydrogen) atoms. The number of ether oxygens (including phenoxy) is 2. The Morgan fingerprint density at radius 2 is 1.74 bits per heavy atom. The number of amides is 1. The van der Waals surface area contributed by atoms with Gasteiger partial charge < -0.3 is 14.8 Å². The van der Waals surface area contributed by atoms with E-state index >= 15 is 0 Å². The molecule has 186 valence electrons. The van der Waals surface area contributed by atoms with E-state index in [0.29, 0.717) is 17.9 Å². The summed E-state index contributed by atoms with van der Waals surface area (Å²) in [6.45, 7) is 16.5. The third kappa shape index (κ3) is 6.91. The number of carbonyl (C=O) groups is 2. The second-order valence-electron chi connectivity index (χ2n) is 10.4. The van der Waals surface area contributed by atoms with Crippen LogP contribution in [0, 0.1) is 6.92 Å². The van der Waals surface area contributed by atoms with Gasteiger partial charge in [0.15, 0.2) is 0 Å². The van der Waals surface area contributed by atoms with E-state index < -0.39 is 29.4 Å². The molecule has 1 N–H and O–H groups in total. The fraction of sp³-hybridized carbons (Fsp3) is 0.407. The van der Waals surface area contributed by atoms with Gasteiger partial charge in [0.25, 0.3) is 0 Å². The van der Waals surface area contributed by atoms with Gasteiger partial charge in [0.05, 0.1) is 17.3 Å². The monoisotopic (exact) mass is 478 g/mol. The molecule has 0 fully saturated rings. The molecule has 0 aliphatic rings. The number of rotatable bonds is 5. The van der Waals surface area contributed by atoms with Crippen molar-refractivity contribution in [2.45, 2.75) is 72.1 Å². The minimum atomic E-state index is -0.711. The highest BCUT2D eigenvalue weighted by Gasteiger charge is 2.28. The molecule has 1 aromatic carbocycles. The van der Waals surface area contributed by atoms with Crippen LogP contribution in [-0.2, 0) is 9.47 Å². The van der Waals surface area contributed by atoms with Crippen molar-refractivity contribution in [3.05, 3.63) is 60.7 Å². The zero-order chi connectivity index (χ0) is 26.0. The molecule has 1 atom stereocenters. The lowest BCUT2D eigenvalue weighted by Gasteiger charge is -2.24. The van der Waals surface area contributed by atoms with Gasteiger partial charge in [-0.05, 0) is 73.1 Å². The number of aromatic nitrogens is 3. The van der Waals surface area contributed by atoms with Crippen LogP contribution in [0.3, 0.4) is 0 Å². The van der Waals surface area contributed by atoms with Crippen molar-refractivity contribution in [3.8, 4) is 11.3 Å². The second kappa shape index (κ2) is 9.90. The molecule has 3 rings (SSSR count). The van der Waals surface area contributed by atoms with Crippen molar-refractivity contribution in [1.82, 2.24) is 19.9 Å². The molecule has 0 aliphatic carbocycles. The summed E-state index contributed by atoms with van der Waals surface area (Å²) in [5.41, 5.74) is 1.79. The Morgan fingerprint density at radius 1 is 1.06 bits per heavy atom. The van der Waals surface area contributed by atoms with E-state index in [4.69, 9.17) is 14.5 Å². The molecule has 0 aliphatic heterocycles. The van der Waals surface area contributed by atoms with Crippen LogP contribution in [0.1, 0.15) is 65.5 Å². The molecule has 2 aromatic heterocycles. The largest absolute Gasteiger partial charge is 0.444 e. The standard InChI is InChI=1S/C27H34N4O4/c1-9-10-21(30-24(32)34-26(3,4)5)23-29-22(16-31(23)25(33)35-27(6,7)8)19-13-14-20-18(15-19)12-11-17(2)28-20/h9,11-16,21H,1,10H2,2-8H3,(H,30,32). The van der Waals surface area contributed by atoms with E-state index in [9.17, 15) is 9.59 Å². The highest BCUT2D eigenvalue weighted by Crippen LogP contribution is 2.27. The van der Waals surface area contributed by atoms with Crippen molar-refractivity contribution in [2.75, 3.05) is 0 Å². The number of fused-ring (bicyclic) bond motifs is 1. The lowest BCUT2D eigenvalue weighted by Crippen LogP contribution is -2.37. The molecule has 0 saturated heterocycles. The average Bonchev–Trinajstić information content (AvgIpc) is 3.16. The van der Waals surface area contributed by atoms with Gasteiger partial charge in [0.2, 0.25) is 0 Å². The lowest BCUT2D eigenvalue weighted by molar-refractivity contribution is 0.0473. The first-order valence-corrected chi connectivity index (χ1v) is 11.6. The fourth-order valence-electron chi connectivity index (χ4n) is 3.47. The summed E-state index contributed by atoms with van der Waals surface area (Å²) in [6.07, 6.45) is 2.40. The molecule has 0 radical (unpaired) electrons. The van der Waals surface area contributed by atoms with E-state index in [1.807, 2.05) is 37.3 Å². The number of benzene rings is 1. The Bertz CT molecular complexity index is 1250. The summed E-state index contributed by atoms with van der Waals surface area (Å²) >= 11 is 0. The van der Waals surface area contributed by atoms with Gasteiger partial charge in [-0.15, -0.1) is 6.58 Å². The summed E-state index contributed by atoms with van der Waals surface area (Å²) in [7, 11) is 0. The molecule has 3 aromatic rings. The normalized spacial score (nSPS) is 12.8. The number of carbonyl (C=O) groups excluding carboxylic acids is 2. The Balaban J connectivity index is 2.07. The van der Waals surface area contributed by atoms with Gasteiger partial charge in [0.1, 0.15) is 17.0 Å². The fourth-order valence-corrected chi connectivity index (χ4v) is 3.47. The van der Waals surface area contributed by atoms with Crippen LogP contribution in [0.25, 0.3) is 22.2 Å². The lowest BCUT2D eigenvalue weighted by atomic mass is 10.1. The Kier molecular flexibility index (Phi) is 7.33. The van der Waals surface area contributed by atoms with Gasteiger partial charge in [-0.2, -0.15) is 0 Å². The molecule has 0 bridgehead atoms. The second-order valence-corrected chi connectivity index (χ2v) is 10.4. The number of alkyl carbamates (subject to hydrolysis) is 1. The highest BCUT2D eigenvalue weighted by atomic mass is 16.6. The molecular weight excluding hydrogens is 444 g/mol. The van der Waals surface area contributed by atoms with Crippen molar-refractivity contribution in [2.24, 2.45) is 0 Å². The predicted molar refractivity (Wildman–Crippen MR) is 136 cm³/mol. The number of nitrogens with zero attached hydrogens (tertiary/aromatic N) is 3. The van der Waals surface area contributed by atoms with Crippen molar-refractivity contribution < 1.29 is 19.1 Å². The van der Waals surface area contributed by atoms with Crippen LogP contribution < -0.4 is 5.32 Å². The van der Waals surface area contributed by atoms with Gasteiger partial charge >= 0.3 is 12.2 Å². The number of aryl methyl sites for hydroxylation is 1. The zero-order valence-electron chi connectivity index (χ0n) is 21.5. The molecule has 8 nitrogen and oxygen atoms in total. The van der Waals surface area contributed by atoms with Crippen molar-refractivity contribution in [1.29, 1.82) is 0 Å². The van der Waals surface area contributed by atoms with E-state index in [0.717, 1.165) is 22.2 Å². The van der Waals surface area contributed by atoms with E-state index in [-0.39, 0.29) is 0 Å². The Hall–Kier alpha value is -3.68. The van der Waals surface area contributed by atoms with E-state index in [2.05, 4.69) is 16.9 Å². The van der Waals surface area contributed by atoms with Crippen LogP contribution in [0.2, 0.25) is 0 Å². The first-order chi connectivity index (χ1) is 16.3. The molecule has 0 saturated carbocycles.